The Kier molecular flexibility index (Phi) is 2.60. The van der Waals surface area contributed by atoms with E-state index >= 15 is 0 Å². The summed E-state index contributed by atoms with van der Waals surface area (Å²) in [6.07, 6.45) is 1.71. The molecule has 0 aliphatic carbocycles. The summed E-state index contributed by atoms with van der Waals surface area (Å²) >= 11 is 0. The standard InChI is InChI=1S/C19H18N2O3/c1-3-10-12-11-7-5-4-6-9(11)8-21-15(12)13-14(16(21)17(10)22)19(24)20(2)18(13)23/h3-7,10,12-16H,1,8H2,2H3/t10-,12?,13-,14+,15-,16+/m1/s1. The maximum atomic E-state index is 13.1. The Bertz CT molecular complexity index is 817. The third kappa shape index (κ3) is 1.38. The molecule has 4 aliphatic heterocycles. The lowest BCUT2D eigenvalue weighted by Crippen LogP contribution is -2.58. The molecule has 3 fully saturated rings. The molecule has 122 valence electrons. The number of hydrogen-bond donors (Lipinski definition) is 0. The highest BCUT2D eigenvalue weighted by molar-refractivity contribution is 6.10. The molecule has 3 saturated heterocycles. The Labute approximate surface area is 139 Å². The largest absolute Gasteiger partial charge is 0.297 e. The highest BCUT2D eigenvalue weighted by Crippen LogP contribution is 2.57. The number of carbonyl (C=O) groups is 3. The van der Waals surface area contributed by atoms with Crippen molar-refractivity contribution < 1.29 is 14.4 Å². The van der Waals surface area contributed by atoms with Crippen LogP contribution in [-0.4, -0.2) is 46.5 Å². The lowest BCUT2D eigenvalue weighted by atomic mass is 9.70. The average molecular weight is 322 g/mol. The van der Waals surface area contributed by atoms with Crippen LogP contribution < -0.4 is 0 Å². The molecule has 5 rings (SSSR count). The quantitative estimate of drug-likeness (QED) is 0.571. The second kappa shape index (κ2) is 4.42. The molecule has 0 radical (unpaired) electrons. The summed E-state index contributed by atoms with van der Waals surface area (Å²) in [6.45, 7) is 4.51. The van der Waals surface area contributed by atoms with Crippen molar-refractivity contribution in [2.24, 2.45) is 17.8 Å². The van der Waals surface area contributed by atoms with E-state index in [-0.39, 0.29) is 35.5 Å². The number of benzene rings is 1. The number of piperidine rings is 1. The highest BCUT2D eigenvalue weighted by Gasteiger charge is 2.69. The third-order valence-corrected chi connectivity index (χ3v) is 6.46. The zero-order valence-corrected chi connectivity index (χ0v) is 13.4. The number of ketones is 1. The second-order valence-corrected chi connectivity index (χ2v) is 7.28. The van der Waals surface area contributed by atoms with Crippen LogP contribution >= 0.6 is 0 Å². The first kappa shape index (κ1) is 14.1. The molecule has 4 heterocycles. The molecule has 1 aromatic rings. The number of hydrogen-bond acceptors (Lipinski definition) is 4. The second-order valence-electron chi connectivity index (χ2n) is 7.28. The number of amides is 2. The number of likely N-dealkylation sites (tertiary alicyclic amines) is 1. The molecule has 0 aromatic heterocycles. The van der Waals surface area contributed by atoms with E-state index in [9.17, 15) is 14.4 Å². The van der Waals surface area contributed by atoms with Crippen LogP contribution in [-0.2, 0) is 20.9 Å². The van der Waals surface area contributed by atoms with Gasteiger partial charge in [-0.15, -0.1) is 6.58 Å². The van der Waals surface area contributed by atoms with E-state index in [1.54, 1.807) is 6.08 Å². The number of imide groups is 1. The zero-order valence-electron chi connectivity index (χ0n) is 13.4. The van der Waals surface area contributed by atoms with Gasteiger partial charge >= 0.3 is 0 Å². The van der Waals surface area contributed by atoms with Gasteiger partial charge in [0.25, 0.3) is 0 Å². The van der Waals surface area contributed by atoms with Gasteiger partial charge in [0.05, 0.1) is 17.9 Å². The van der Waals surface area contributed by atoms with E-state index in [1.165, 1.54) is 17.5 Å². The summed E-state index contributed by atoms with van der Waals surface area (Å²) in [4.78, 5) is 41.9. The van der Waals surface area contributed by atoms with Crippen molar-refractivity contribution in [3.8, 4) is 0 Å². The van der Waals surface area contributed by atoms with Crippen molar-refractivity contribution in [3.63, 3.8) is 0 Å². The summed E-state index contributed by atoms with van der Waals surface area (Å²) in [7, 11) is 1.53. The minimum absolute atomic E-state index is 0.0460. The smallest absolute Gasteiger partial charge is 0.234 e. The normalized spacial score (nSPS) is 42.1. The monoisotopic (exact) mass is 322 g/mol. The van der Waals surface area contributed by atoms with Gasteiger partial charge in [-0.1, -0.05) is 30.3 Å². The van der Waals surface area contributed by atoms with E-state index in [0.29, 0.717) is 6.54 Å². The number of carbonyl (C=O) groups excluding carboxylic acids is 3. The fraction of sp³-hybridized carbons (Fsp3) is 0.421. The van der Waals surface area contributed by atoms with Crippen molar-refractivity contribution in [1.29, 1.82) is 0 Å². The van der Waals surface area contributed by atoms with Gasteiger partial charge in [-0.05, 0) is 11.1 Å². The molecule has 2 amide bonds. The van der Waals surface area contributed by atoms with Crippen molar-refractivity contribution in [3.05, 3.63) is 48.0 Å². The van der Waals surface area contributed by atoms with Crippen LogP contribution in [0, 0.1) is 17.8 Å². The van der Waals surface area contributed by atoms with Gasteiger partial charge in [0.2, 0.25) is 11.8 Å². The summed E-state index contributed by atoms with van der Waals surface area (Å²) in [5.74, 6) is -1.63. The van der Waals surface area contributed by atoms with Crippen LogP contribution in [0.25, 0.3) is 0 Å². The third-order valence-electron chi connectivity index (χ3n) is 6.46. The van der Waals surface area contributed by atoms with Crippen molar-refractivity contribution in [2.45, 2.75) is 24.5 Å². The first-order valence-electron chi connectivity index (χ1n) is 8.37. The van der Waals surface area contributed by atoms with Gasteiger partial charge < -0.3 is 0 Å². The predicted octanol–water partition coefficient (Wildman–Crippen LogP) is 0.952. The Morgan fingerprint density at radius 3 is 2.54 bits per heavy atom. The van der Waals surface area contributed by atoms with E-state index in [0.717, 1.165) is 5.56 Å². The van der Waals surface area contributed by atoms with Gasteiger partial charge in [-0.2, -0.15) is 0 Å². The van der Waals surface area contributed by atoms with E-state index in [2.05, 4.69) is 23.6 Å². The molecule has 5 nitrogen and oxygen atoms in total. The summed E-state index contributed by atoms with van der Waals surface area (Å²) < 4.78 is 0. The summed E-state index contributed by atoms with van der Waals surface area (Å²) in [6, 6.07) is 7.53. The Balaban J connectivity index is 1.75. The molecule has 1 aromatic carbocycles. The summed E-state index contributed by atoms with van der Waals surface area (Å²) in [5, 5.41) is 0. The van der Waals surface area contributed by atoms with Crippen LogP contribution in [0.3, 0.4) is 0 Å². The van der Waals surface area contributed by atoms with E-state index in [4.69, 9.17) is 0 Å². The molecule has 0 N–H and O–H groups in total. The van der Waals surface area contributed by atoms with Gasteiger partial charge in [-0.25, -0.2) is 0 Å². The van der Waals surface area contributed by atoms with Crippen LogP contribution in [0.15, 0.2) is 36.9 Å². The number of nitrogens with zero attached hydrogens (tertiary/aromatic N) is 2. The molecular formula is C19H18N2O3. The van der Waals surface area contributed by atoms with E-state index in [1.807, 2.05) is 12.1 Å². The topological polar surface area (TPSA) is 57.7 Å². The van der Waals surface area contributed by atoms with Crippen LogP contribution in [0.2, 0.25) is 0 Å². The van der Waals surface area contributed by atoms with Gasteiger partial charge in [0.15, 0.2) is 5.78 Å². The van der Waals surface area contributed by atoms with Crippen molar-refractivity contribution in [2.75, 3.05) is 7.05 Å². The Morgan fingerprint density at radius 1 is 1.08 bits per heavy atom. The van der Waals surface area contributed by atoms with Crippen molar-refractivity contribution >= 4 is 17.6 Å². The van der Waals surface area contributed by atoms with Gasteiger partial charge in [0, 0.05) is 31.5 Å². The zero-order chi connectivity index (χ0) is 16.7. The fourth-order valence-electron chi connectivity index (χ4n) is 5.55. The number of fused-ring (bicyclic) bond motifs is 4. The molecule has 0 saturated carbocycles. The SMILES string of the molecule is C=C[C@H]1C(=O)[C@@H]2[C@H]3C(=O)N(C)C(=O)[C@H]3[C@H]3C1c1ccccc1CN23. The maximum Gasteiger partial charge on any atom is 0.234 e. The Morgan fingerprint density at radius 2 is 1.79 bits per heavy atom. The molecule has 4 aliphatic rings. The molecule has 7 atom stereocenters. The van der Waals surface area contributed by atoms with Crippen LogP contribution in [0.5, 0.6) is 0 Å². The molecule has 2 unspecified atom stereocenters. The van der Waals surface area contributed by atoms with E-state index < -0.39 is 17.9 Å². The number of rotatable bonds is 1. The first-order chi connectivity index (χ1) is 11.6. The van der Waals surface area contributed by atoms with Gasteiger partial charge in [-0.3, -0.25) is 24.2 Å². The van der Waals surface area contributed by atoms with Crippen LogP contribution in [0.4, 0.5) is 0 Å². The lowest BCUT2D eigenvalue weighted by Gasteiger charge is -2.48. The number of Topliss-reactive ketones (excluding diaryl/α,β-unsaturated/α-hetero) is 1. The minimum Gasteiger partial charge on any atom is -0.297 e. The molecule has 5 heteroatoms. The maximum absolute atomic E-state index is 13.1. The molecule has 4 bridgehead atoms. The van der Waals surface area contributed by atoms with Gasteiger partial charge in [0.1, 0.15) is 0 Å². The fourth-order valence-corrected chi connectivity index (χ4v) is 5.55. The highest BCUT2D eigenvalue weighted by atomic mass is 16.2. The minimum atomic E-state index is -0.526. The predicted molar refractivity (Wildman–Crippen MR) is 85.8 cm³/mol. The Hall–Kier alpha value is -2.27. The first-order valence-corrected chi connectivity index (χ1v) is 8.37. The lowest BCUT2D eigenvalue weighted by molar-refractivity contribution is -0.145. The molecule has 24 heavy (non-hydrogen) atoms. The molecular weight excluding hydrogens is 304 g/mol. The summed E-state index contributed by atoms with van der Waals surface area (Å²) in [5.41, 5.74) is 2.32. The van der Waals surface area contributed by atoms with Crippen molar-refractivity contribution in [1.82, 2.24) is 9.80 Å². The molecule has 0 spiro atoms. The van der Waals surface area contributed by atoms with Crippen LogP contribution in [0.1, 0.15) is 17.0 Å². The number of allylic oxidation sites excluding steroid dienone is 1. The average Bonchev–Trinajstić information content (AvgIpc) is 2.98.